The molecule has 0 heterocycles. The third-order valence-corrected chi connectivity index (χ3v) is 3.58. The Hall–Kier alpha value is -2.24. The standard InChI is InChI=1S/C17H20N2O3/c1-18(11-10-14-6-3-2-4-7-14)13-17(20)15-8-5-9-16(12-15)19(21)22/h2-9,12,17,20H,10-11,13H2,1H3. The minimum atomic E-state index is -0.735. The van der Waals surface area contributed by atoms with Crippen LogP contribution >= 0.6 is 0 Å². The first-order valence-electron chi connectivity index (χ1n) is 7.21. The van der Waals surface area contributed by atoms with E-state index in [2.05, 4.69) is 12.1 Å². The number of nitrogens with zero attached hydrogens (tertiary/aromatic N) is 2. The van der Waals surface area contributed by atoms with Gasteiger partial charge in [-0.1, -0.05) is 42.5 Å². The molecular formula is C17H20N2O3. The van der Waals surface area contributed by atoms with Crippen molar-refractivity contribution in [2.75, 3.05) is 20.1 Å². The minimum absolute atomic E-state index is 0.00323. The van der Waals surface area contributed by atoms with Gasteiger partial charge in [0, 0.05) is 25.2 Å². The van der Waals surface area contributed by atoms with E-state index in [0.717, 1.165) is 13.0 Å². The molecule has 0 saturated carbocycles. The second-order valence-electron chi connectivity index (χ2n) is 5.37. The molecule has 0 bridgehead atoms. The zero-order valence-electron chi connectivity index (χ0n) is 12.6. The lowest BCUT2D eigenvalue weighted by atomic mass is 10.1. The molecule has 0 aliphatic rings. The lowest BCUT2D eigenvalue weighted by molar-refractivity contribution is -0.385. The number of likely N-dealkylation sites (N-methyl/N-ethyl adjacent to an activating group) is 1. The van der Waals surface area contributed by atoms with Crippen LogP contribution in [0.3, 0.4) is 0 Å². The van der Waals surface area contributed by atoms with Gasteiger partial charge in [0.15, 0.2) is 0 Å². The zero-order chi connectivity index (χ0) is 15.9. The summed E-state index contributed by atoms with van der Waals surface area (Å²) in [5.41, 5.74) is 1.82. The summed E-state index contributed by atoms with van der Waals surface area (Å²) in [6, 6.07) is 16.3. The Morgan fingerprint density at radius 2 is 1.91 bits per heavy atom. The first-order chi connectivity index (χ1) is 10.6. The summed E-state index contributed by atoms with van der Waals surface area (Å²) in [4.78, 5) is 12.3. The first kappa shape index (κ1) is 16.1. The van der Waals surface area contributed by atoms with Crippen molar-refractivity contribution in [3.63, 3.8) is 0 Å². The first-order valence-corrected chi connectivity index (χ1v) is 7.21. The molecule has 1 unspecified atom stereocenters. The average Bonchev–Trinajstić information content (AvgIpc) is 2.54. The largest absolute Gasteiger partial charge is 0.387 e. The minimum Gasteiger partial charge on any atom is -0.387 e. The van der Waals surface area contributed by atoms with Gasteiger partial charge in [-0.3, -0.25) is 10.1 Å². The van der Waals surface area contributed by atoms with Crippen LogP contribution in [0.2, 0.25) is 0 Å². The van der Waals surface area contributed by atoms with E-state index in [1.807, 2.05) is 30.1 Å². The number of non-ortho nitro benzene ring substituents is 1. The molecule has 1 atom stereocenters. The lowest BCUT2D eigenvalue weighted by Gasteiger charge is -2.20. The number of hydrogen-bond donors (Lipinski definition) is 1. The van der Waals surface area contributed by atoms with Crippen LogP contribution in [0.1, 0.15) is 17.2 Å². The van der Waals surface area contributed by atoms with Gasteiger partial charge in [-0.2, -0.15) is 0 Å². The Morgan fingerprint density at radius 3 is 2.59 bits per heavy atom. The second-order valence-corrected chi connectivity index (χ2v) is 5.37. The number of nitro groups is 1. The smallest absolute Gasteiger partial charge is 0.269 e. The summed E-state index contributed by atoms with van der Waals surface area (Å²) in [5.74, 6) is 0. The van der Waals surface area contributed by atoms with E-state index >= 15 is 0 Å². The van der Waals surface area contributed by atoms with E-state index in [-0.39, 0.29) is 5.69 Å². The van der Waals surface area contributed by atoms with Crippen molar-refractivity contribution in [2.24, 2.45) is 0 Å². The van der Waals surface area contributed by atoms with Gasteiger partial charge in [0.05, 0.1) is 11.0 Å². The van der Waals surface area contributed by atoms with E-state index in [0.29, 0.717) is 12.1 Å². The molecule has 0 saturated heterocycles. The number of aliphatic hydroxyl groups excluding tert-OH is 1. The summed E-state index contributed by atoms with van der Waals surface area (Å²) < 4.78 is 0. The van der Waals surface area contributed by atoms with E-state index in [4.69, 9.17) is 0 Å². The van der Waals surface area contributed by atoms with Crippen LogP contribution in [-0.4, -0.2) is 35.1 Å². The van der Waals surface area contributed by atoms with Crippen LogP contribution in [0.4, 0.5) is 5.69 Å². The van der Waals surface area contributed by atoms with Gasteiger partial charge in [0.1, 0.15) is 0 Å². The average molecular weight is 300 g/mol. The molecule has 0 aliphatic heterocycles. The normalized spacial score (nSPS) is 12.3. The molecule has 0 aromatic heterocycles. The molecule has 22 heavy (non-hydrogen) atoms. The van der Waals surface area contributed by atoms with Crippen LogP contribution in [0, 0.1) is 10.1 Å². The Kier molecular flexibility index (Phi) is 5.63. The summed E-state index contributed by atoms with van der Waals surface area (Å²) in [5, 5.41) is 21.0. The summed E-state index contributed by atoms with van der Waals surface area (Å²) >= 11 is 0. The fraction of sp³-hybridized carbons (Fsp3) is 0.294. The maximum Gasteiger partial charge on any atom is 0.269 e. The molecule has 2 rings (SSSR count). The Labute approximate surface area is 130 Å². The maximum absolute atomic E-state index is 10.8. The van der Waals surface area contributed by atoms with Crippen LogP contribution < -0.4 is 0 Å². The highest BCUT2D eigenvalue weighted by atomic mass is 16.6. The fourth-order valence-electron chi connectivity index (χ4n) is 2.30. The molecular weight excluding hydrogens is 280 g/mol. The van der Waals surface area contributed by atoms with Crippen molar-refractivity contribution in [3.05, 3.63) is 75.8 Å². The third-order valence-electron chi connectivity index (χ3n) is 3.58. The van der Waals surface area contributed by atoms with Crippen LogP contribution in [-0.2, 0) is 6.42 Å². The molecule has 5 nitrogen and oxygen atoms in total. The highest BCUT2D eigenvalue weighted by Crippen LogP contribution is 2.19. The van der Waals surface area contributed by atoms with Gasteiger partial charge in [-0.25, -0.2) is 0 Å². The van der Waals surface area contributed by atoms with E-state index < -0.39 is 11.0 Å². The molecule has 0 aliphatic carbocycles. The number of hydrogen-bond acceptors (Lipinski definition) is 4. The number of aliphatic hydroxyl groups is 1. The van der Waals surface area contributed by atoms with Crippen molar-refractivity contribution in [1.82, 2.24) is 4.90 Å². The molecule has 2 aromatic carbocycles. The molecule has 5 heteroatoms. The molecule has 0 radical (unpaired) electrons. The molecule has 0 amide bonds. The summed E-state index contributed by atoms with van der Waals surface area (Å²) in [6.45, 7) is 1.25. The monoisotopic (exact) mass is 300 g/mol. The van der Waals surface area contributed by atoms with E-state index in [1.54, 1.807) is 12.1 Å². The van der Waals surface area contributed by atoms with Gasteiger partial charge in [-0.15, -0.1) is 0 Å². The van der Waals surface area contributed by atoms with Gasteiger partial charge >= 0.3 is 0 Å². The molecule has 1 N–H and O–H groups in total. The Morgan fingerprint density at radius 1 is 1.18 bits per heavy atom. The van der Waals surface area contributed by atoms with E-state index in [9.17, 15) is 15.2 Å². The Bertz CT molecular complexity index is 616. The fourth-order valence-corrected chi connectivity index (χ4v) is 2.30. The highest BCUT2D eigenvalue weighted by molar-refractivity contribution is 5.35. The van der Waals surface area contributed by atoms with Gasteiger partial charge < -0.3 is 10.0 Å². The maximum atomic E-state index is 10.8. The SMILES string of the molecule is CN(CCc1ccccc1)CC(O)c1cccc([N+](=O)[O-])c1. The molecule has 2 aromatic rings. The number of nitro benzene ring substituents is 1. The second kappa shape index (κ2) is 7.68. The van der Waals surface area contributed by atoms with Gasteiger partial charge in [0.2, 0.25) is 0 Å². The van der Waals surface area contributed by atoms with Crippen molar-refractivity contribution < 1.29 is 10.0 Å². The van der Waals surface area contributed by atoms with Crippen molar-refractivity contribution >= 4 is 5.69 Å². The summed E-state index contributed by atoms with van der Waals surface area (Å²) in [7, 11) is 1.93. The van der Waals surface area contributed by atoms with Crippen molar-refractivity contribution in [1.29, 1.82) is 0 Å². The third kappa shape index (κ3) is 4.65. The van der Waals surface area contributed by atoms with Crippen molar-refractivity contribution in [3.8, 4) is 0 Å². The van der Waals surface area contributed by atoms with Crippen LogP contribution in [0.5, 0.6) is 0 Å². The zero-order valence-corrected chi connectivity index (χ0v) is 12.6. The summed E-state index contributed by atoms with van der Waals surface area (Å²) in [6.07, 6.45) is 0.166. The van der Waals surface area contributed by atoms with Gasteiger partial charge in [0.25, 0.3) is 5.69 Å². The molecule has 116 valence electrons. The quantitative estimate of drug-likeness (QED) is 0.630. The Balaban J connectivity index is 1.89. The lowest BCUT2D eigenvalue weighted by Crippen LogP contribution is -2.26. The van der Waals surface area contributed by atoms with Crippen LogP contribution in [0.15, 0.2) is 54.6 Å². The van der Waals surface area contributed by atoms with Crippen molar-refractivity contribution in [2.45, 2.75) is 12.5 Å². The van der Waals surface area contributed by atoms with Crippen LogP contribution in [0.25, 0.3) is 0 Å². The van der Waals surface area contributed by atoms with E-state index in [1.165, 1.54) is 17.7 Å². The predicted octanol–water partition coefficient (Wildman–Crippen LogP) is 2.80. The highest BCUT2D eigenvalue weighted by Gasteiger charge is 2.14. The molecule has 0 fully saturated rings. The van der Waals surface area contributed by atoms with Gasteiger partial charge in [-0.05, 0) is 24.6 Å². The number of benzene rings is 2. The topological polar surface area (TPSA) is 66.6 Å². The molecule has 0 spiro atoms. The number of rotatable bonds is 7. The predicted molar refractivity (Wildman–Crippen MR) is 85.7 cm³/mol.